The van der Waals surface area contributed by atoms with E-state index in [2.05, 4.69) is 31.4 Å². The maximum atomic E-state index is 12.7. The highest BCUT2D eigenvalue weighted by atomic mass is 79.9. The lowest BCUT2D eigenvalue weighted by Crippen LogP contribution is -2.17. The summed E-state index contributed by atoms with van der Waals surface area (Å²) in [6, 6.07) is 19.2. The molecule has 7 heteroatoms. The number of aryl methyl sites for hydroxylation is 1. The molecule has 1 atom stereocenters. The maximum absolute atomic E-state index is 12.7. The Labute approximate surface area is 176 Å². The van der Waals surface area contributed by atoms with Crippen LogP contribution < -0.4 is 5.32 Å². The van der Waals surface area contributed by atoms with Crippen LogP contribution in [0.2, 0.25) is 0 Å². The Balaban J connectivity index is 1.64. The molecule has 0 bridgehead atoms. The van der Waals surface area contributed by atoms with E-state index in [1.165, 1.54) is 4.63 Å². The van der Waals surface area contributed by atoms with Crippen molar-refractivity contribution in [3.05, 3.63) is 82.5 Å². The average Bonchev–Trinajstić information content (AvgIpc) is 3.07. The number of benzene rings is 2. The molecule has 2 aromatic carbocycles. The van der Waals surface area contributed by atoms with Gasteiger partial charge in [-0.25, -0.2) is 4.79 Å². The molecule has 0 spiro atoms. The van der Waals surface area contributed by atoms with E-state index < -0.39 is 6.09 Å². The van der Waals surface area contributed by atoms with Gasteiger partial charge < -0.3 is 4.74 Å². The highest BCUT2D eigenvalue weighted by molar-refractivity contribution is 9.10. The Hall–Kier alpha value is -3.19. The van der Waals surface area contributed by atoms with Crippen molar-refractivity contribution in [2.24, 2.45) is 0 Å². The van der Waals surface area contributed by atoms with Crippen molar-refractivity contribution in [2.45, 2.75) is 20.0 Å². The fourth-order valence-corrected chi connectivity index (χ4v) is 3.49. The van der Waals surface area contributed by atoms with E-state index in [1.807, 2.05) is 68.4 Å². The third-order valence-corrected chi connectivity index (χ3v) is 5.20. The molecular weight excluding hydrogens is 432 g/mol. The summed E-state index contributed by atoms with van der Waals surface area (Å²) in [5.41, 5.74) is 4.77. The van der Waals surface area contributed by atoms with E-state index in [-0.39, 0.29) is 6.10 Å². The van der Waals surface area contributed by atoms with Crippen molar-refractivity contribution in [1.29, 1.82) is 0 Å². The van der Waals surface area contributed by atoms with E-state index in [9.17, 15) is 4.79 Å². The van der Waals surface area contributed by atoms with Gasteiger partial charge in [0, 0.05) is 16.2 Å². The summed E-state index contributed by atoms with van der Waals surface area (Å²) in [7, 11) is 0. The smallest absolute Gasteiger partial charge is 0.412 e. The van der Waals surface area contributed by atoms with Crippen molar-refractivity contribution in [1.82, 2.24) is 14.8 Å². The van der Waals surface area contributed by atoms with Gasteiger partial charge in [-0.15, -0.1) is 9.73 Å². The number of nitrogens with zero attached hydrogens (tertiary/aromatic N) is 3. The highest BCUT2D eigenvalue weighted by Crippen LogP contribution is 2.32. The third-order valence-electron chi connectivity index (χ3n) is 4.67. The number of carbonyl (C=O) groups excluding carboxylic acids is 1. The normalized spacial score (nSPS) is 12.0. The van der Waals surface area contributed by atoms with E-state index in [4.69, 9.17) is 4.74 Å². The van der Waals surface area contributed by atoms with Gasteiger partial charge >= 0.3 is 6.09 Å². The Morgan fingerprint density at radius 1 is 1.10 bits per heavy atom. The first-order chi connectivity index (χ1) is 14.0. The molecule has 0 saturated heterocycles. The largest absolute Gasteiger partial charge is 0.441 e. The molecule has 6 nitrogen and oxygen atoms in total. The zero-order chi connectivity index (χ0) is 20.4. The quantitative estimate of drug-likeness (QED) is 0.427. The SMILES string of the molecule is Cc1ccccc1C(C)OC(=O)Nc1c(-c2ccc(Br)cc2)nn2ncccc12. The summed E-state index contributed by atoms with van der Waals surface area (Å²) < 4.78 is 8.09. The molecule has 0 saturated carbocycles. The zero-order valence-corrected chi connectivity index (χ0v) is 17.6. The molecule has 29 heavy (non-hydrogen) atoms. The van der Waals surface area contributed by atoms with Crippen LogP contribution in [-0.2, 0) is 4.74 Å². The van der Waals surface area contributed by atoms with Crippen LogP contribution in [0.5, 0.6) is 0 Å². The van der Waals surface area contributed by atoms with Crippen LogP contribution in [0.4, 0.5) is 10.5 Å². The molecule has 0 aliphatic carbocycles. The molecule has 0 radical (unpaired) electrons. The molecule has 0 aliphatic heterocycles. The minimum absolute atomic E-state index is 0.382. The number of fused-ring (bicyclic) bond motifs is 1. The Morgan fingerprint density at radius 2 is 1.86 bits per heavy atom. The first-order valence-corrected chi connectivity index (χ1v) is 9.95. The maximum Gasteiger partial charge on any atom is 0.412 e. The number of nitrogens with one attached hydrogen (secondary N) is 1. The first-order valence-electron chi connectivity index (χ1n) is 9.16. The van der Waals surface area contributed by atoms with Gasteiger partial charge in [-0.1, -0.05) is 52.3 Å². The molecule has 1 N–H and O–H groups in total. The van der Waals surface area contributed by atoms with Gasteiger partial charge in [0.05, 0.1) is 5.69 Å². The Kier molecular flexibility index (Phi) is 5.31. The van der Waals surface area contributed by atoms with Crippen LogP contribution in [0.3, 0.4) is 0 Å². The number of carbonyl (C=O) groups is 1. The minimum atomic E-state index is -0.544. The van der Waals surface area contributed by atoms with Gasteiger partial charge in [0.15, 0.2) is 0 Å². The average molecular weight is 451 g/mol. The third kappa shape index (κ3) is 4.00. The number of ether oxygens (including phenoxy) is 1. The van der Waals surface area contributed by atoms with E-state index in [0.29, 0.717) is 16.9 Å². The fraction of sp³-hybridized carbons (Fsp3) is 0.136. The minimum Gasteiger partial charge on any atom is -0.441 e. The monoisotopic (exact) mass is 450 g/mol. The molecule has 4 aromatic rings. The molecular formula is C22H19BrN4O2. The number of halogens is 1. The summed E-state index contributed by atoms with van der Waals surface area (Å²) in [5.74, 6) is 0. The second-order valence-electron chi connectivity index (χ2n) is 6.66. The molecule has 0 aliphatic rings. The molecule has 4 rings (SSSR count). The van der Waals surface area contributed by atoms with Crippen molar-refractivity contribution in [3.8, 4) is 11.3 Å². The molecule has 2 heterocycles. The van der Waals surface area contributed by atoms with Crippen molar-refractivity contribution in [3.63, 3.8) is 0 Å². The number of rotatable bonds is 4. The van der Waals surface area contributed by atoms with Crippen LogP contribution in [0.25, 0.3) is 16.8 Å². The highest BCUT2D eigenvalue weighted by Gasteiger charge is 2.20. The van der Waals surface area contributed by atoms with Crippen LogP contribution in [0.1, 0.15) is 24.2 Å². The molecule has 2 aromatic heterocycles. The molecule has 1 unspecified atom stereocenters. The molecule has 146 valence electrons. The lowest BCUT2D eigenvalue weighted by molar-refractivity contribution is 0.121. The summed E-state index contributed by atoms with van der Waals surface area (Å²) in [4.78, 5) is 12.7. The summed E-state index contributed by atoms with van der Waals surface area (Å²) in [6.07, 6.45) is 0.721. The summed E-state index contributed by atoms with van der Waals surface area (Å²) in [5, 5.41) is 11.6. The Bertz CT molecular complexity index is 1170. The second-order valence-corrected chi connectivity index (χ2v) is 7.57. The van der Waals surface area contributed by atoms with Crippen molar-refractivity contribution in [2.75, 3.05) is 5.32 Å². The van der Waals surface area contributed by atoms with Gasteiger partial charge in [0.1, 0.15) is 17.3 Å². The van der Waals surface area contributed by atoms with Gasteiger partial charge in [-0.2, -0.15) is 5.10 Å². The van der Waals surface area contributed by atoms with Crippen LogP contribution in [0, 0.1) is 6.92 Å². The topological polar surface area (TPSA) is 68.5 Å². The zero-order valence-electron chi connectivity index (χ0n) is 16.0. The number of anilines is 1. The van der Waals surface area contributed by atoms with E-state index in [1.54, 1.807) is 12.3 Å². The first kappa shape index (κ1) is 19.1. The second kappa shape index (κ2) is 8.05. The van der Waals surface area contributed by atoms with Crippen molar-refractivity contribution < 1.29 is 9.53 Å². The predicted molar refractivity (Wildman–Crippen MR) is 116 cm³/mol. The van der Waals surface area contributed by atoms with E-state index in [0.717, 1.165) is 21.2 Å². The molecule has 1 amide bonds. The van der Waals surface area contributed by atoms with E-state index >= 15 is 0 Å². The summed E-state index contributed by atoms with van der Waals surface area (Å²) in [6.45, 7) is 3.85. The number of amides is 1. The van der Waals surface area contributed by atoms with Crippen LogP contribution in [-0.4, -0.2) is 20.9 Å². The fourth-order valence-electron chi connectivity index (χ4n) is 3.23. The van der Waals surface area contributed by atoms with Gasteiger partial charge in [0.2, 0.25) is 0 Å². The number of aromatic nitrogens is 3. The Morgan fingerprint density at radius 3 is 2.62 bits per heavy atom. The lowest BCUT2D eigenvalue weighted by atomic mass is 10.1. The van der Waals surface area contributed by atoms with Gasteiger partial charge in [0.25, 0.3) is 0 Å². The standard InChI is InChI=1S/C22H19BrN4O2/c1-14-6-3-4-7-18(14)15(2)29-22(28)25-21-19-8-5-13-24-27(19)26-20(21)16-9-11-17(23)12-10-16/h3-13,15H,1-2H3,(H,25,28). The van der Waals surface area contributed by atoms with Gasteiger partial charge in [-0.05, 0) is 49.2 Å². The molecule has 0 fully saturated rings. The predicted octanol–water partition coefficient (Wildman–Crippen LogP) is 5.78. The number of hydrogen-bond acceptors (Lipinski definition) is 4. The van der Waals surface area contributed by atoms with Crippen molar-refractivity contribution >= 4 is 33.2 Å². The van der Waals surface area contributed by atoms with Gasteiger partial charge in [-0.3, -0.25) is 5.32 Å². The summed E-state index contributed by atoms with van der Waals surface area (Å²) >= 11 is 3.44. The number of hydrogen-bond donors (Lipinski definition) is 1. The van der Waals surface area contributed by atoms with Crippen LogP contribution in [0.15, 0.2) is 71.3 Å². The lowest BCUT2D eigenvalue weighted by Gasteiger charge is -2.16. The van der Waals surface area contributed by atoms with Crippen LogP contribution >= 0.6 is 15.9 Å².